The molecule has 0 aromatic carbocycles. The number of hydrogen-bond donors (Lipinski definition) is 0. The highest BCUT2D eigenvalue weighted by atomic mass is 16.1. The van der Waals surface area contributed by atoms with Crippen LogP contribution in [0, 0.1) is 10.8 Å². The van der Waals surface area contributed by atoms with Crippen LogP contribution >= 0.6 is 0 Å². The molecule has 2 fully saturated rings. The van der Waals surface area contributed by atoms with Crippen molar-refractivity contribution in [2.75, 3.05) is 0 Å². The van der Waals surface area contributed by atoms with Crippen molar-refractivity contribution in [2.24, 2.45) is 10.8 Å². The molecular formula is C24H27N3O. The third-order valence-corrected chi connectivity index (χ3v) is 8.84. The van der Waals surface area contributed by atoms with Crippen LogP contribution in [0.15, 0.2) is 29.2 Å². The maximum Gasteiger partial charge on any atom is 0.277 e. The lowest BCUT2D eigenvalue weighted by Gasteiger charge is -2.75. The minimum atomic E-state index is -0.0219. The van der Waals surface area contributed by atoms with Crippen LogP contribution < -0.4 is 5.56 Å². The zero-order chi connectivity index (χ0) is 19.9. The van der Waals surface area contributed by atoms with Crippen LogP contribution in [0.5, 0.6) is 0 Å². The van der Waals surface area contributed by atoms with Crippen LogP contribution in [-0.2, 0) is 10.8 Å². The molecule has 0 radical (unpaired) electrons. The summed E-state index contributed by atoms with van der Waals surface area (Å²) in [6, 6.07) is 6.26. The number of pyridine rings is 2. The fraction of sp³-hybridized carbons (Fsp3) is 0.542. The molecule has 3 aliphatic rings. The highest BCUT2D eigenvalue weighted by Gasteiger charge is 2.81. The smallest absolute Gasteiger partial charge is 0.277 e. The van der Waals surface area contributed by atoms with Crippen molar-refractivity contribution >= 4 is 16.6 Å². The van der Waals surface area contributed by atoms with Gasteiger partial charge in [0.05, 0.1) is 5.52 Å². The SMILES string of the molecule is CC(C)(C)c1ccc2c(ccn3c4c(c(=O)nc23)C2CC3(C)CC4(C)C23C)n1. The van der Waals surface area contributed by atoms with Crippen molar-refractivity contribution in [3.05, 3.63) is 51.7 Å². The second kappa shape index (κ2) is 4.34. The van der Waals surface area contributed by atoms with Gasteiger partial charge in [0.1, 0.15) is 0 Å². The molecule has 4 nitrogen and oxygen atoms in total. The van der Waals surface area contributed by atoms with E-state index in [2.05, 4.69) is 75.3 Å². The summed E-state index contributed by atoms with van der Waals surface area (Å²) in [7, 11) is 0. The summed E-state index contributed by atoms with van der Waals surface area (Å²) < 4.78 is 2.21. The van der Waals surface area contributed by atoms with Gasteiger partial charge >= 0.3 is 0 Å². The molecule has 0 amide bonds. The molecule has 3 heterocycles. The average Bonchev–Trinajstić information content (AvgIpc) is 2.71. The predicted octanol–water partition coefficient (Wildman–Crippen LogP) is 4.72. The quantitative estimate of drug-likeness (QED) is 0.536. The topological polar surface area (TPSA) is 47.3 Å². The van der Waals surface area contributed by atoms with E-state index in [1.54, 1.807) is 0 Å². The van der Waals surface area contributed by atoms with Crippen LogP contribution in [0.2, 0.25) is 0 Å². The number of fused-ring (bicyclic) bond motifs is 7. The average molecular weight is 374 g/mol. The van der Waals surface area contributed by atoms with Crippen LogP contribution in [0.3, 0.4) is 0 Å². The van der Waals surface area contributed by atoms with E-state index >= 15 is 0 Å². The molecule has 4 atom stereocenters. The molecule has 144 valence electrons. The molecule has 2 saturated carbocycles. The van der Waals surface area contributed by atoms with Gasteiger partial charge in [-0.25, -0.2) is 0 Å². The standard InChI is InChI=1S/C24H27N3O/c1-21(2,3)16-8-7-13-15(25-16)9-10-27-18-17(20(28)26-19(13)27)14-11-22(4)12-23(18,5)24(14,22)6/h7-10,14H,11-12H2,1-6H3. The number of aromatic nitrogens is 3. The summed E-state index contributed by atoms with van der Waals surface area (Å²) in [6.07, 6.45) is 4.38. The second-order valence-electron chi connectivity index (χ2n) is 11.1. The highest BCUT2D eigenvalue weighted by molar-refractivity contribution is 5.91. The van der Waals surface area contributed by atoms with E-state index in [0.717, 1.165) is 40.6 Å². The van der Waals surface area contributed by atoms with Crippen molar-refractivity contribution in [1.82, 2.24) is 14.4 Å². The fourth-order valence-electron chi connectivity index (χ4n) is 7.15. The molecule has 0 saturated heterocycles. The Morgan fingerprint density at radius 3 is 2.54 bits per heavy atom. The third-order valence-electron chi connectivity index (χ3n) is 8.84. The van der Waals surface area contributed by atoms with Crippen molar-refractivity contribution in [3.8, 4) is 0 Å². The first-order valence-corrected chi connectivity index (χ1v) is 10.4. The summed E-state index contributed by atoms with van der Waals surface area (Å²) in [5, 5.41) is 0.963. The number of hydrogen-bond acceptors (Lipinski definition) is 3. The fourth-order valence-corrected chi connectivity index (χ4v) is 7.15. The van der Waals surface area contributed by atoms with E-state index in [1.807, 2.05) is 0 Å². The van der Waals surface area contributed by atoms with Crippen LogP contribution in [0.4, 0.5) is 0 Å². The maximum absolute atomic E-state index is 13.2. The zero-order valence-electron chi connectivity index (χ0n) is 17.6. The molecule has 4 unspecified atom stereocenters. The normalized spacial score (nSPS) is 35.4. The first kappa shape index (κ1) is 16.7. The maximum atomic E-state index is 13.2. The van der Waals surface area contributed by atoms with Crippen molar-refractivity contribution in [2.45, 2.75) is 71.1 Å². The van der Waals surface area contributed by atoms with Gasteiger partial charge in [0, 0.05) is 39.4 Å². The molecule has 0 bridgehead atoms. The molecule has 3 aromatic rings. The molecule has 3 aromatic heterocycles. The van der Waals surface area contributed by atoms with Gasteiger partial charge in [-0.15, -0.1) is 0 Å². The molecule has 4 heteroatoms. The van der Waals surface area contributed by atoms with Gasteiger partial charge in [-0.3, -0.25) is 9.78 Å². The second-order valence-corrected chi connectivity index (χ2v) is 11.1. The summed E-state index contributed by atoms with van der Waals surface area (Å²) in [5.74, 6) is 0.361. The lowest BCUT2D eigenvalue weighted by Crippen LogP contribution is -2.70. The third kappa shape index (κ3) is 1.50. The molecular weight excluding hydrogens is 346 g/mol. The summed E-state index contributed by atoms with van der Waals surface area (Å²) in [4.78, 5) is 22.7. The van der Waals surface area contributed by atoms with E-state index in [9.17, 15) is 4.79 Å². The van der Waals surface area contributed by atoms with Gasteiger partial charge in [0.25, 0.3) is 5.56 Å². The van der Waals surface area contributed by atoms with E-state index in [0.29, 0.717) is 11.3 Å². The first-order chi connectivity index (χ1) is 13.0. The van der Waals surface area contributed by atoms with Gasteiger partial charge in [0.2, 0.25) is 0 Å². The monoisotopic (exact) mass is 373 g/mol. The van der Waals surface area contributed by atoms with Gasteiger partial charge in [-0.05, 0) is 47.8 Å². The first-order valence-electron chi connectivity index (χ1n) is 10.4. The van der Waals surface area contributed by atoms with Gasteiger partial charge < -0.3 is 4.40 Å². The van der Waals surface area contributed by atoms with Gasteiger partial charge in [-0.1, -0.05) is 41.5 Å². The minimum Gasteiger partial charge on any atom is -0.304 e. The Hall–Kier alpha value is -2.23. The number of rotatable bonds is 0. The molecule has 6 rings (SSSR count). The Morgan fingerprint density at radius 1 is 1.11 bits per heavy atom. The molecule has 28 heavy (non-hydrogen) atoms. The molecule has 0 aliphatic heterocycles. The largest absolute Gasteiger partial charge is 0.304 e. The van der Waals surface area contributed by atoms with Crippen LogP contribution in [-0.4, -0.2) is 14.4 Å². The van der Waals surface area contributed by atoms with E-state index in [4.69, 9.17) is 4.98 Å². The molecule has 0 N–H and O–H groups in total. The summed E-state index contributed by atoms with van der Waals surface area (Å²) in [6.45, 7) is 13.7. The van der Waals surface area contributed by atoms with E-state index < -0.39 is 0 Å². The van der Waals surface area contributed by atoms with Crippen molar-refractivity contribution in [3.63, 3.8) is 0 Å². The minimum absolute atomic E-state index is 0.0109. The van der Waals surface area contributed by atoms with Crippen LogP contribution in [0.1, 0.15) is 77.3 Å². The Bertz CT molecular complexity index is 1280. The lowest BCUT2D eigenvalue weighted by atomic mass is 9.28. The zero-order valence-corrected chi connectivity index (χ0v) is 17.6. The highest BCUT2D eigenvalue weighted by Crippen LogP contribution is 2.86. The summed E-state index contributed by atoms with van der Waals surface area (Å²) >= 11 is 0. The van der Waals surface area contributed by atoms with E-state index in [1.165, 1.54) is 5.69 Å². The van der Waals surface area contributed by atoms with Gasteiger partial charge in [-0.2, -0.15) is 4.98 Å². The predicted molar refractivity (Wildman–Crippen MR) is 111 cm³/mol. The molecule has 3 aliphatic carbocycles. The Kier molecular flexibility index (Phi) is 2.59. The van der Waals surface area contributed by atoms with Gasteiger partial charge in [0.15, 0.2) is 5.65 Å². The van der Waals surface area contributed by atoms with Crippen molar-refractivity contribution in [1.29, 1.82) is 0 Å². The number of nitrogens with zero attached hydrogens (tertiary/aromatic N) is 3. The van der Waals surface area contributed by atoms with Crippen molar-refractivity contribution < 1.29 is 0 Å². The Morgan fingerprint density at radius 2 is 1.86 bits per heavy atom. The Balaban J connectivity index is 1.69. The van der Waals surface area contributed by atoms with Crippen LogP contribution in [0.25, 0.3) is 16.6 Å². The lowest BCUT2D eigenvalue weighted by molar-refractivity contribution is -0.228. The summed E-state index contributed by atoms with van der Waals surface area (Å²) in [5.41, 5.74) is 5.50. The Labute approximate surface area is 165 Å². The molecule has 0 spiro atoms. The van der Waals surface area contributed by atoms with E-state index in [-0.39, 0.29) is 21.8 Å².